The maximum Gasteiger partial charge on any atom is 0.233 e. The lowest BCUT2D eigenvalue weighted by molar-refractivity contribution is -0.127. The number of carbonyl (C=O) groups is 1. The van der Waals surface area contributed by atoms with E-state index in [0.717, 1.165) is 24.5 Å². The lowest BCUT2D eigenvalue weighted by atomic mass is 10.4. The van der Waals surface area contributed by atoms with Crippen LogP contribution in [-0.2, 0) is 11.3 Å². The average Bonchev–Trinajstić information content (AvgIpc) is 3.13. The molecule has 1 amide bonds. The van der Waals surface area contributed by atoms with Gasteiger partial charge < -0.3 is 4.90 Å². The molecule has 0 aliphatic heterocycles. The number of hydrogen-bond acceptors (Lipinski definition) is 6. The summed E-state index contributed by atoms with van der Waals surface area (Å²) in [6.07, 6.45) is 1.54. The van der Waals surface area contributed by atoms with Gasteiger partial charge in [0.1, 0.15) is 16.2 Å². The van der Waals surface area contributed by atoms with Gasteiger partial charge in [0.25, 0.3) is 0 Å². The Labute approximate surface area is 145 Å². The van der Waals surface area contributed by atoms with Crippen molar-refractivity contribution in [1.82, 2.24) is 14.9 Å². The molecule has 114 valence electrons. The van der Waals surface area contributed by atoms with E-state index in [1.54, 1.807) is 29.6 Å². The van der Waals surface area contributed by atoms with E-state index in [-0.39, 0.29) is 5.91 Å². The second kappa shape index (κ2) is 6.95. The van der Waals surface area contributed by atoms with Gasteiger partial charge in [-0.25, -0.2) is 9.97 Å². The minimum absolute atomic E-state index is 0.0662. The minimum Gasteiger partial charge on any atom is -0.340 e. The van der Waals surface area contributed by atoms with Crippen LogP contribution in [0, 0.1) is 0 Å². The van der Waals surface area contributed by atoms with Crippen molar-refractivity contribution in [2.24, 2.45) is 0 Å². The van der Waals surface area contributed by atoms with Gasteiger partial charge in [0.15, 0.2) is 0 Å². The van der Waals surface area contributed by atoms with E-state index >= 15 is 0 Å². The second-order valence-corrected chi connectivity index (χ2v) is 8.22. The van der Waals surface area contributed by atoms with Gasteiger partial charge in [0.2, 0.25) is 5.91 Å². The topological polar surface area (TPSA) is 46.1 Å². The Bertz CT molecular complexity index is 801. The summed E-state index contributed by atoms with van der Waals surface area (Å²) >= 11 is 10.4. The van der Waals surface area contributed by atoms with Gasteiger partial charge in [-0.2, -0.15) is 0 Å². The summed E-state index contributed by atoms with van der Waals surface area (Å²) in [5.41, 5.74) is 0. The van der Waals surface area contributed by atoms with Gasteiger partial charge in [0.05, 0.1) is 16.6 Å². The zero-order chi connectivity index (χ0) is 15.5. The summed E-state index contributed by atoms with van der Waals surface area (Å²) in [6.45, 7) is 0.578. The molecule has 0 spiro atoms. The maximum atomic E-state index is 12.2. The Morgan fingerprint density at radius 2 is 2.23 bits per heavy atom. The van der Waals surface area contributed by atoms with Crippen molar-refractivity contribution < 1.29 is 4.79 Å². The summed E-state index contributed by atoms with van der Waals surface area (Å²) in [4.78, 5) is 24.5. The molecule has 0 saturated carbocycles. The van der Waals surface area contributed by atoms with Crippen molar-refractivity contribution in [3.05, 3.63) is 39.1 Å². The number of halogens is 1. The first-order chi connectivity index (χ1) is 10.6. The van der Waals surface area contributed by atoms with Gasteiger partial charge in [0, 0.05) is 17.3 Å². The van der Waals surface area contributed by atoms with Crippen molar-refractivity contribution in [1.29, 1.82) is 0 Å². The number of hydrogen-bond donors (Lipinski definition) is 0. The van der Waals surface area contributed by atoms with E-state index in [4.69, 9.17) is 11.6 Å². The molecule has 8 heteroatoms. The Morgan fingerprint density at radius 3 is 3.00 bits per heavy atom. The lowest BCUT2D eigenvalue weighted by Gasteiger charge is -2.15. The third kappa shape index (κ3) is 3.60. The lowest BCUT2D eigenvalue weighted by Crippen LogP contribution is -2.27. The van der Waals surface area contributed by atoms with Crippen LogP contribution < -0.4 is 0 Å². The van der Waals surface area contributed by atoms with E-state index < -0.39 is 0 Å². The quantitative estimate of drug-likeness (QED) is 0.500. The smallest absolute Gasteiger partial charge is 0.233 e. The molecule has 0 saturated heterocycles. The predicted molar refractivity (Wildman–Crippen MR) is 93.9 cm³/mol. The highest BCUT2D eigenvalue weighted by atomic mass is 35.5. The third-order valence-corrected chi connectivity index (χ3v) is 6.03. The van der Waals surface area contributed by atoms with Crippen molar-refractivity contribution >= 4 is 62.2 Å². The summed E-state index contributed by atoms with van der Waals surface area (Å²) in [7, 11) is 1.80. The Kier molecular flexibility index (Phi) is 4.97. The molecule has 0 radical (unpaired) electrons. The molecule has 0 unspecified atom stereocenters. The Morgan fingerprint density at radius 1 is 1.36 bits per heavy atom. The molecule has 3 aromatic rings. The van der Waals surface area contributed by atoms with Crippen molar-refractivity contribution in [3.8, 4) is 0 Å². The molecule has 3 rings (SSSR count). The van der Waals surface area contributed by atoms with Crippen molar-refractivity contribution in [3.63, 3.8) is 0 Å². The number of amides is 1. The highest BCUT2D eigenvalue weighted by Crippen LogP contribution is 2.28. The predicted octanol–water partition coefficient (Wildman–Crippen LogP) is 4.16. The first-order valence-electron chi connectivity index (χ1n) is 6.42. The monoisotopic (exact) mass is 369 g/mol. The molecule has 0 aliphatic carbocycles. The van der Waals surface area contributed by atoms with Crippen LogP contribution in [0.2, 0.25) is 4.34 Å². The highest BCUT2D eigenvalue weighted by molar-refractivity contribution is 8.00. The third-order valence-electron chi connectivity index (χ3n) is 3.01. The molecule has 0 aliphatic rings. The largest absolute Gasteiger partial charge is 0.340 e. The number of aromatic nitrogens is 2. The number of fused-ring (bicyclic) bond motifs is 1. The fourth-order valence-corrected chi connectivity index (χ4v) is 4.74. The van der Waals surface area contributed by atoms with E-state index in [0.29, 0.717) is 12.3 Å². The molecule has 0 aromatic carbocycles. The van der Waals surface area contributed by atoms with E-state index in [1.165, 1.54) is 23.1 Å². The van der Waals surface area contributed by atoms with Gasteiger partial charge in [-0.1, -0.05) is 23.4 Å². The van der Waals surface area contributed by atoms with Crippen LogP contribution in [0.3, 0.4) is 0 Å². The Hall–Kier alpha value is -1.15. The molecule has 3 aromatic heterocycles. The van der Waals surface area contributed by atoms with E-state index in [2.05, 4.69) is 9.97 Å². The summed E-state index contributed by atoms with van der Waals surface area (Å²) < 4.78 is 0.742. The number of thiophene rings is 2. The molecule has 3 heterocycles. The molecular weight excluding hydrogens is 358 g/mol. The van der Waals surface area contributed by atoms with Crippen LogP contribution in [0.15, 0.2) is 34.9 Å². The SMILES string of the molecule is CN(Cc1ccc(Cl)s1)C(=O)CSc1ncnc2sccc12. The van der Waals surface area contributed by atoms with Crippen LogP contribution in [0.1, 0.15) is 4.88 Å². The molecule has 0 atom stereocenters. The zero-order valence-electron chi connectivity index (χ0n) is 11.7. The number of nitrogens with zero attached hydrogens (tertiary/aromatic N) is 3. The molecule has 4 nitrogen and oxygen atoms in total. The van der Waals surface area contributed by atoms with Gasteiger partial charge in [-0.05, 0) is 23.6 Å². The molecular formula is C14H12ClN3OS3. The van der Waals surface area contributed by atoms with Crippen molar-refractivity contribution in [2.75, 3.05) is 12.8 Å². The summed E-state index contributed by atoms with van der Waals surface area (Å²) in [5, 5.41) is 3.85. The van der Waals surface area contributed by atoms with Gasteiger partial charge in [-0.3, -0.25) is 4.79 Å². The van der Waals surface area contributed by atoms with Crippen LogP contribution in [0.5, 0.6) is 0 Å². The van der Waals surface area contributed by atoms with Crippen LogP contribution >= 0.6 is 46.0 Å². The van der Waals surface area contributed by atoms with Gasteiger partial charge >= 0.3 is 0 Å². The van der Waals surface area contributed by atoms with Crippen LogP contribution in [0.4, 0.5) is 0 Å². The zero-order valence-corrected chi connectivity index (χ0v) is 14.9. The molecule has 0 fully saturated rings. The fourth-order valence-electron chi connectivity index (χ4n) is 1.88. The van der Waals surface area contributed by atoms with E-state index in [9.17, 15) is 4.79 Å². The standard InChI is InChI=1S/C14H12ClN3OS3/c1-18(6-9-2-3-11(15)22-9)12(19)7-21-14-10-4-5-20-13(10)16-8-17-14/h2-5,8H,6-7H2,1H3. The number of carbonyl (C=O) groups excluding carboxylic acids is 1. The Balaban J connectivity index is 1.61. The fraction of sp³-hybridized carbons (Fsp3) is 0.214. The normalized spacial score (nSPS) is 11.0. The van der Waals surface area contributed by atoms with E-state index in [1.807, 2.05) is 23.6 Å². The number of thioether (sulfide) groups is 1. The highest BCUT2D eigenvalue weighted by Gasteiger charge is 2.13. The first kappa shape index (κ1) is 15.7. The molecule has 0 N–H and O–H groups in total. The maximum absolute atomic E-state index is 12.2. The molecule has 0 bridgehead atoms. The molecule has 22 heavy (non-hydrogen) atoms. The first-order valence-corrected chi connectivity index (χ1v) is 9.48. The van der Waals surface area contributed by atoms with Crippen LogP contribution in [0.25, 0.3) is 10.2 Å². The summed E-state index contributed by atoms with van der Waals surface area (Å²) in [5.74, 6) is 0.425. The van der Waals surface area contributed by atoms with Crippen LogP contribution in [-0.4, -0.2) is 33.6 Å². The second-order valence-electron chi connectivity index (χ2n) is 4.56. The summed E-state index contributed by atoms with van der Waals surface area (Å²) in [6, 6.07) is 5.79. The average molecular weight is 370 g/mol. The van der Waals surface area contributed by atoms with Crippen molar-refractivity contribution in [2.45, 2.75) is 11.6 Å². The minimum atomic E-state index is 0.0662. The van der Waals surface area contributed by atoms with Gasteiger partial charge in [-0.15, -0.1) is 22.7 Å². The number of rotatable bonds is 5.